The summed E-state index contributed by atoms with van der Waals surface area (Å²) in [6.45, 7) is 8.45. The van der Waals surface area contributed by atoms with Crippen molar-refractivity contribution in [2.45, 2.75) is 44.2 Å². The Balaban J connectivity index is 0.00000128. The van der Waals surface area contributed by atoms with Gasteiger partial charge in [-0.1, -0.05) is 31.5 Å². The van der Waals surface area contributed by atoms with Crippen molar-refractivity contribution in [2.24, 2.45) is 0 Å². The summed E-state index contributed by atoms with van der Waals surface area (Å²) in [7, 11) is -3.48. The van der Waals surface area contributed by atoms with Gasteiger partial charge in [0.15, 0.2) is 0 Å². The molecule has 1 aromatic carbocycles. The third-order valence-electron chi connectivity index (χ3n) is 4.11. The number of aryl methyl sites for hydroxylation is 1. The number of rotatable bonds is 2. The number of nitrogens with zero attached hydrogens (tertiary/aromatic N) is 1. The van der Waals surface area contributed by atoms with Crippen LogP contribution in [0, 0.1) is 6.92 Å². The number of hydrogen-bond donors (Lipinski definition) is 1. The topological polar surface area (TPSA) is 92.1 Å². The molecule has 1 spiro atoms. The fraction of sp³-hybridized carbons (Fsp3) is 0.625. The molecule has 132 valence electrons. The normalized spacial score (nSPS) is 19.6. The molecule has 0 radical (unpaired) electrons. The van der Waals surface area contributed by atoms with Crippen molar-refractivity contribution in [2.75, 3.05) is 26.2 Å². The van der Waals surface area contributed by atoms with Crippen LogP contribution in [0.5, 0.6) is 0 Å². The summed E-state index contributed by atoms with van der Waals surface area (Å²) in [4.78, 5) is 0.353. The number of hydrogen-bond acceptors (Lipinski definition) is 4. The van der Waals surface area contributed by atoms with E-state index in [0.717, 1.165) is 18.7 Å². The molecule has 2 saturated heterocycles. The SMILES string of the molecule is CC.Cc1ccc(S(=O)(=O)N2CCOC23CCNCC3)cc1.[K+].[NH2-]. The van der Waals surface area contributed by atoms with Gasteiger partial charge in [0.05, 0.1) is 11.5 Å². The number of ether oxygens (including phenoxy) is 1. The molecule has 0 atom stereocenters. The predicted molar refractivity (Wildman–Crippen MR) is 92.5 cm³/mol. The minimum absolute atomic E-state index is 0. The molecule has 6 nitrogen and oxygen atoms in total. The van der Waals surface area contributed by atoms with Gasteiger partial charge in [0.1, 0.15) is 5.72 Å². The fourth-order valence-electron chi connectivity index (χ4n) is 2.98. The largest absolute Gasteiger partial charge is 1.00 e. The Morgan fingerprint density at radius 2 is 1.67 bits per heavy atom. The number of nitrogens with one attached hydrogen (secondary N) is 1. The van der Waals surface area contributed by atoms with Gasteiger partial charge in [0.2, 0.25) is 10.0 Å². The summed E-state index contributed by atoms with van der Waals surface area (Å²) < 4.78 is 33.1. The number of benzene rings is 1. The molecule has 0 amide bonds. The zero-order chi connectivity index (χ0) is 16.2. The van der Waals surface area contributed by atoms with Crippen molar-refractivity contribution in [3.63, 3.8) is 0 Å². The van der Waals surface area contributed by atoms with E-state index in [-0.39, 0.29) is 57.5 Å². The second kappa shape index (κ2) is 10.7. The molecule has 0 saturated carbocycles. The van der Waals surface area contributed by atoms with Crippen molar-refractivity contribution >= 4 is 10.0 Å². The van der Waals surface area contributed by atoms with E-state index in [0.29, 0.717) is 30.9 Å². The summed E-state index contributed by atoms with van der Waals surface area (Å²) >= 11 is 0. The molecule has 2 aliphatic rings. The van der Waals surface area contributed by atoms with Crippen LogP contribution in [-0.4, -0.2) is 44.7 Å². The van der Waals surface area contributed by atoms with Gasteiger partial charge in [-0.2, -0.15) is 4.31 Å². The van der Waals surface area contributed by atoms with Gasteiger partial charge in [0, 0.05) is 19.4 Å². The standard InChI is InChI=1S/C14H20N2O3S.C2H6.K.H2N/c1-12-2-4-13(5-3-12)20(17,18)16-10-11-19-14(16)6-8-15-9-7-14;1-2;;/h2-5,15H,6-11H2,1H3;1-2H3;;1H2/q;;+1;-1. The van der Waals surface area contributed by atoms with Crippen LogP contribution in [0.2, 0.25) is 0 Å². The molecule has 0 bridgehead atoms. The summed E-state index contributed by atoms with van der Waals surface area (Å²) in [5.74, 6) is 0. The van der Waals surface area contributed by atoms with E-state index in [1.54, 1.807) is 16.4 Å². The molecule has 2 heterocycles. The van der Waals surface area contributed by atoms with E-state index in [4.69, 9.17) is 4.74 Å². The summed E-state index contributed by atoms with van der Waals surface area (Å²) in [5.41, 5.74) is 0.410. The molecule has 0 aliphatic carbocycles. The van der Waals surface area contributed by atoms with Crippen LogP contribution in [0.3, 0.4) is 0 Å². The van der Waals surface area contributed by atoms with Gasteiger partial charge < -0.3 is 16.2 Å². The molecular weight excluding hydrogens is 353 g/mol. The van der Waals surface area contributed by atoms with Crippen LogP contribution < -0.4 is 56.7 Å². The molecular formula is C16H28KN3O3S. The molecule has 2 aliphatic heterocycles. The second-order valence-corrected chi connectivity index (χ2v) is 7.30. The molecule has 2 fully saturated rings. The molecule has 24 heavy (non-hydrogen) atoms. The average molecular weight is 382 g/mol. The van der Waals surface area contributed by atoms with Gasteiger partial charge in [-0.3, -0.25) is 0 Å². The van der Waals surface area contributed by atoms with Crippen LogP contribution >= 0.6 is 0 Å². The van der Waals surface area contributed by atoms with Crippen molar-refractivity contribution in [3.8, 4) is 0 Å². The molecule has 0 unspecified atom stereocenters. The molecule has 3 rings (SSSR count). The zero-order valence-electron chi connectivity index (χ0n) is 15.2. The van der Waals surface area contributed by atoms with E-state index in [1.807, 2.05) is 32.9 Å². The smallest absolute Gasteiger partial charge is 0.693 e. The zero-order valence-corrected chi connectivity index (χ0v) is 19.1. The van der Waals surface area contributed by atoms with E-state index in [1.165, 1.54) is 0 Å². The first-order valence-electron chi connectivity index (χ1n) is 7.99. The first-order valence-corrected chi connectivity index (χ1v) is 9.43. The predicted octanol–water partition coefficient (Wildman–Crippen LogP) is -0.157. The first-order chi connectivity index (χ1) is 10.5. The molecule has 8 heteroatoms. The van der Waals surface area contributed by atoms with E-state index in [2.05, 4.69) is 5.32 Å². The van der Waals surface area contributed by atoms with Crippen LogP contribution in [-0.2, 0) is 14.8 Å². The maximum Gasteiger partial charge on any atom is 1.00 e. The van der Waals surface area contributed by atoms with E-state index in [9.17, 15) is 8.42 Å². The quantitative estimate of drug-likeness (QED) is 0.721. The van der Waals surface area contributed by atoms with Crippen LogP contribution in [0.1, 0.15) is 32.3 Å². The van der Waals surface area contributed by atoms with Crippen molar-refractivity contribution in [1.82, 2.24) is 9.62 Å². The maximum absolute atomic E-state index is 12.8. The number of piperidine rings is 1. The Hall–Kier alpha value is 0.646. The Bertz CT molecular complexity index is 587. The maximum atomic E-state index is 12.8. The van der Waals surface area contributed by atoms with E-state index >= 15 is 0 Å². The third-order valence-corrected chi connectivity index (χ3v) is 6.08. The van der Waals surface area contributed by atoms with Gasteiger partial charge >= 0.3 is 51.4 Å². The van der Waals surface area contributed by atoms with Gasteiger partial charge in [-0.05, 0) is 32.1 Å². The van der Waals surface area contributed by atoms with Crippen LogP contribution in [0.15, 0.2) is 29.2 Å². The average Bonchev–Trinajstić information content (AvgIpc) is 2.94. The third kappa shape index (κ3) is 5.09. The molecule has 0 aromatic heterocycles. The first kappa shape index (κ1) is 24.6. The summed E-state index contributed by atoms with van der Waals surface area (Å²) in [6, 6.07) is 7.02. The van der Waals surface area contributed by atoms with Gasteiger partial charge in [0.25, 0.3) is 0 Å². The molecule has 3 N–H and O–H groups in total. The number of sulfonamides is 1. The Morgan fingerprint density at radius 1 is 1.12 bits per heavy atom. The summed E-state index contributed by atoms with van der Waals surface area (Å²) in [5, 5.41) is 3.25. The Kier molecular flexibility index (Phi) is 11.0. The van der Waals surface area contributed by atoms with Crippen LogP contribution in [0.25, 0.3) is 6.15 Å². The van der Waals surface area contributed by atoms with Crippen molar-refractivity contribution in [1.29, 1.82) is 0 Å². The number of nitrogens with two attached hydrogens (primary N) is 1. The minimum Gasteiger partial charge on any atom is -0.693 e. The van der Waals surface area contributed by atoms with E-state index < -0.39 is 15.7 Å². The minimum atomic E-state index is -3.48. The monoisotopic (exact) mass is 381 g/mol. The fourth-order valence-corrected chi connectivity index (χ4v) is 4.70. The van der Waals surface area contributed by atoms with Crippen molar-refractivity contribution in [3.05, 3.63) is 36.0 Å². The second-order valence-electron chi connectivity index (χ2n) is 5.43. The van der Waals surface area contributed by atoms with Crippen LogP contribution in [0.4, 0.5) is 0 Å². The van der Waals surface area contributed by atoms with Gasteiger partial charge in [-0.25, -0.2) is 8.42 Å². The summed E-state index contributed by atoms with van der Waals surface area (Å²) in [6.07, 6.45) is 1.41. The van der Waals surface area contributed by atoms with Crippen molar-refractivity contribution < 1.29 is 64.5 Å². The van der Waals surface area contributed by atoms with Gasteiger partial charge in [-0.15, -0.1) is 0 Å². The molecule has 1 aromatic rings. The Morgan fingerprint density at radius 3 is 2.21 bits per heavy atom. The Labute approximate surface area is 188 Å².